The Morgan fingerprint density at radius 3 is 2.84 bits per heavy atom. The van der Waals surface area contributed by atoms with E-state index in [1.165, 1.54) is 55.2 Å². The Balaban J connectivity index is 1.93. The molecule has 0 amide bonds. The largest absolute Gasteiger partial charge is 0.316 e. The average Bonchev–Trinajstić information content (AvgIpc) is 2.69. The Labute approximate surface area is 122 Å². The minimum atomic E-state index is 0.848. The minimum absolute atomic E-state index is 0.848. The van der Waals surface area contributed by atoms with Crippen molar-refractivity contribution in [1.82, 2.24) is 10.2 Å². The van der Waals surface area contributed by atoms with Crippen LogP contribution in [0.5, 0.6) is 0 Å². The van der Waals surface area contributed by atoms with Crippen LogP contribution in [0.15, 0.2) is 6.07 Å². The molecule has 0 bridgehead atoms. The second kappa shape index (κ2) is 7.41. The number of nitrogens with one attached hydrogen (secondary N) is 1. The molecule has 1 aliphatic heterocycles. The summed E-state index contributed by atoms with van der Waals surface area (Å²) >= 11 is 1.94. The lowest BCUT2D eigenvalue weighted by Crippen LogP contribution is -2.38. The summed E-state index contributed by atoms with van der Waals surface area (Å²) in [5, 5.41) is 3.54. The molecule has 19 heavy (non-hydrogen) atoms. The number of hydrogen-bond donors (Lipinski definition) is 1. The standard InChI is InChI=1S/C16H28N2S/c1-4-8-18(11-15-6-5-7-17-10-15)12-16-9-13(2)19-14(16)3/h9,15,17H,4-8,10-12H2,1-3H3. The van der Waals surface area contributed by atoms with Gasteiger partial charge in [-0.25, -0.2) is 0 Å². The highest BCUT2D eigenvalue weighted by molar-refractivity contribution is 7.12. The van der Waals surface area contributed by atoms with Crippen molar-refractivity contribution in [2.75, 3.05) is 26.2 Å². The molecule has 1 aromatic rings. The van der Waals surface area contributed by atoms with Crippen molar-refractivity contribution in [1.29, 1.82) is 0 Å². The normalized spacial score (nSPS) is 20.1. The second-order valence-corrected chi connectivity index (χ2v) is 7.35. The highest BCUT2D eigenvalue weighted by Crippen LogP contribution is 2.23. The second-order valence-electron chi connectivity index (χ2n) is 5.89. The van der Waals surface area contributed by atoms with E-state index in [0.29, 0.717) is 0 Å². The van der Waals surface area contributed by atoms with Crippen molar-refractivity contribution in [2.24, 2.45) is 5.92 Å². The van der Waals surface area contributed by atoms with Crippen LogP contribution in [-0.2, 0) is 6.54 Å². The van der Waals surface area contributed by atoms with E-state index < -0.39 is 0 Å². The van der Waals surface area contributed by atoms with E-state index in [9.17, 15) is 0 Å². The predicted molar refractivity (Wildman–Crippen MR) is 85.0 cm³/mol. The van der Waals surface area contributed by atoms with Gasteiger partial charge < -0.3 is 5.32 Å². The number of hydrogen-bond acceptors (Lipinski definition) is 3. The third-order valence-electron chi connectivity index (χ3n) is 3.99. The summed E-state index contributed by atoms with van der Waals surface area (Å²) in [6.07, 6.45) is 4.00. The molecule has 1 unspecified atom stereocenters. The summed E-state index contributed by atoms with van der Waals surface area (Å²) in [7, 11) is 0. The first-order chi connectivity index (χ1) is 9.19. The van der Waals surface area contributed by atoms with Crippen molar-refractivity contribution in [3.05, 3.63) is 21.4 Å². The van der Waals surface area contributed by atoms with Crippen LogP contribution in [0.2, 0.25) is 0 Å². The first-order valence-corrected chi connectivity index (χ1v) is 8.49. The van der Waals surface area contributed by atoms with E-state index in [1.54, 1.807) is 5.56 Å². The van der Waals surface area contributed by atoms with Crippen molar-refractivity contribution < 1.29 is 0 Å². The van der Waals surface area contributed by atoms with E-state index in [-0.39, 0.29) is 0 Å². The van der Waals surface area contributed by atoms with Gasteiger partial charge in [0, 0.05) is 22.8 Å². The van der Waals surface area contributed by atoms with Crippen LogP contribution in [0.4, 0.5) is 0 Å². The molecule has 1 atom stereocenters. The Kier molecular flexibility index (Phi) is 5.86. The molecule has 2 nitrogen and oxygen atoms in total. The molecule has 1 saturated heterocycles. The topological polar surface area (TPSA) is 15.3 Å². The molecule has 1 aliphatic rings. The highest BCUT2D eigenvalue weighted by Gasteiger charge is 2.17. The monoisotopic (exact) mass is 280 g/mol. The minimum Gasteiger partial charge on any atom is -0.316 e. The van der Waals surface area contributed by atoms with Gasteiger partial charge >= 0.3 is 0 Å². The molecule has 2 rings (SSSR count). The van der Waals surface area contributed by atoms with Gasteiger partial charge in [-0.15, -0.1) is 11.3 Å². The molecule has 1 fully saturated rings. The van der Waals surface area contributed by atoms with Gasteiger partial charge in [-0.1, -0.05) is 6.92 Å². The molecule has 108 valence electrons. The Morgan fingerprint density at radius 2 is 2.26 bits per heavy atom. The number of piperidine rings is 1. The summed E-state index contributed by atoms with van der Waals surface area (Å²) in [6, 6.07) is 2.38. The van der Waals surface area contributed by atoms with Gasteiger partial charge in [-0.2, -0.15) is 0 Å². The van der Waals surface area contributed by atoms with Gasteiger partial charge in [-0.05, 0) is 70.3 Å². The average molecular weight is 280 g/mol. The fourth-order valence-electron chi connectivity index (χ4n) is 3.08. The van der Waals surface area contributed by atoms with Crippen molar-refractivity contribution in [2.45, 2.75) is 46.6 Å². The number of aryl methyl sites for hydroxylation is 2. The van der Waals surface area contributed by atoms with Crippen LogP contribution in [0.25, 0.3) is 0 Å². The van der Waals surface area contributed by atoms with Crippen LogP contribution in [0.1, 0.15) is 41.5 Å². The zero-order valence-corrected chi connectivity index (χ0v) is 13.5. The summed E-state index contributed by atoms with van der Waals surface area (Å²) < 4.78 is 0. The van der Waals surface area contributed by atoms with E-state index in [2.05, 4.69) is 37.1 Å². The van der Waals surface area contributed by atoms with Crippen LogP contribution in [-0.4, -0.2) is 31.1 Å². The number of nitrogens with zero attached hydrogens (tertiary/aromatic N) is 1. The first kappa shape index (κ1) is 15.0. The lowest BCUT2D eigenvalue weighted by atomic mass is 9.99. The zero-order chi connectivity index (χ0) is 13.7. The molecule has 1 aromatic heterocycles. The maximum Gasteiger partial charge on any atom is 0.0244 e. The van der Waals surface area contributed by atoms with Gasteiger partial charge in [-0.3, -0.25) is 4.90 Å². The summed E-state index contributed by atoms with van der Waals surface area (Å²) in [5.41, 5.74) is 1.54. The first-order valence-electron chi connectivity index (χ1n) is 7.68. The van der Waals surface area contributed by atoms with Crippen LogP contribution in [0.3, 0.4) is 0 Å². The fraction of sp³-hybridized carbons (Fsp3) is 0.750. The number of thiophene rings is 1. The molecule has 0 radical (unpaired) electrons. The third kappa shape index (κ3) is 4.59. The summed E-state index contributed by atoms with van der Waals surface area (Å²) in [6.45, 7) is 12.8. The highest BCUT2D eigenvalue weighted by atomic mass is 32.1. The molecule has 0 aromatic carbocycles. The van der Waals surface area contributed by atoms with Crippen molar-refractivity contribution in [3.63, 3.8) is 0 Å². The fourth-order valence-corrected chi connectivity index (χ4v) is 4.02. The molecule has 3 heteroatoms. The van der Waals surface area contributed by atoms with E-state index in [1.807, 2.05) is 11.3 Å². The summed E-state index contributed by atoms with van der Waals surface area (Å²) in [5.74, 6) is 0.848. The molecular weight excluding hydrogens is 252 g/mol. The number of rotatable bonds is 6. The Bertz CT molecular complexity index is 380. The molecule has 0 aliphatic carbocycles. The smallest absolute Gasteiger partial charge is 0.0244 e. The lowest BCUT2D eigenvalue weighted by molar-refractivity contribution is 0.201. The van der Waals surface area contributed by atoms with Gasteiger partial charge in [0.15, 0.2) is 0 Å². The van der Waals surface area contributed by atoms with Crippen LogP contribution >= 0.6 is 11.3 Å². The van der Waals surface area contributed by atoms with Gasteiger partial charge in [0.05, 0.1) is 0 Å². The third-order valence-corrected chi connectivity index (χ3v) is 5.00. The molecular formula is C16H28N2S. The molecule has 0 spiro atoms. The van der Waals surface area contributed by atoms with Crippen LogP contribution in [0, 0.1) is 19.8 Å². The zero-order valence-electron chi connectivity index (χ0n) is 12.7. The molecule has 1 N–H and O–H groups in total. The van der Waals surface area contributed by atoms with Gasteiger partial charge in [0.25, 0.3) is 0 Å². The SMILES string of the molecule is CCCN(Cc1cc(C)sc1C)CC1CCCNC1. The van der Waals surface area contributed by atoms with Gasteiger partial charge in [0.2, 0.25) is 0 Å². The van der Waals surface area contributed by atoms with E-state index in [4.69, 9.17) is 0 Å². The maximum atomic E-state index is 3.54. The van der Waals surface area contributed by atoms with E-state index >= 15 is 0 Å². The Morgan fingerprint density at radius 1 is 1.42 bits per heavy atom. The lowest BCUT2D eigenvalue weighted by Gasteiger charge is -2.30. The van der Waals surface area contributed by atoms with Gasteiger partial charge in [0.1, 0.15) is 0 Å². The van der Waals surface area contributed by atoms with Crippen molar-refractivity contribution >= 4 is 11.3 Å². The van der Waals surface area contributed by atoms with Crippen LogP contribution < -0.4 is 5.32 Å². The predicted octanol–water partition coefficient (Wildman–Crippen LogP) is 3.58. The molecule has 0 saturated carbocycles. The Hall–Kier alpha value is -0.380. The maximum absolute atomic E-state index is 3.54. The summed E-state index contributed by atoms with van der Waals surface area (Å²) in [4.78, 5) is 5.61. The van der Waals surface area contributed by atoms with Crippen molar-refractivity contribution in [3.8, 4) is 0 Å². The quantitative estimate of drug-likeness (QED) is 0.857. The molecule has 2 heterocycles. The van der Waals surface area contributed by atoms with E-state index in [0.717, 1.165) is 12.5 Å².